The van der Waals surface area contributed by atoms with Crippen LogP contribution in [-0.2, 0) is 6.54 Å². The first kappa shape index (κ1) is 21.8. The van der Waals surface area contributed by atoms with Gasteiger partial charge in [-0.25, -0.2) is 4.57 Å². The van der Waals surface area contributed by atoms with Crippen LogP contribution < -0.4 is 21.5 Å². The van der Waals surface area contributed by atoms with Crippen LogP contribution in [0.15, 0.2) is 36.7 Å². The predicted molar refractivity (Wildman–Crippen MR) is 94.8 cm³/mol. The fraction of sp³-hybridized carbons (Fsp3) is 0.611. The van der Waals surface area contributed by atoms with Gasteiger partial charge < -0.3 is 17.0 Å². The molecule has 1 unspecified atom stereocenters. The van der Waals surface area contributed by atoms with Crippen molar-refractivity contribution in [1.29, 1.82) is 0 Å². The second kappa shape index (κ2) is 12.3. The summed E-state index contributed by atoms with van der Waals surface area (Å²) in [5.74, 6) is 0. The molecule has 0 saturated carbocycles. The monoisotopic (exact) mass is 432 g/mol. The summed E-state index contributed by atoms with van der Waals surface area (Å²) in [6, 6.07) is 5.10. The number of hydrogen-bond donors (Lipinski definition) is 0. The summed E-state index contributed by atoms with van der Waals surface area (Å²) in [7, 11) is 2.24. The largest absolute Gasteiger partial charge is 1.00 e. The van der Waals surface area contributed by atoms with Crippen molar-refractivity contribution in [3.63, 3.8) is 0 Å². The number of pyridine rings is 1. The number of hydrogen-bond acceptors (Lipinski definition) is 1. The van der Waals surface area contributed by atoms with Crippen molar-refractivity contribution in [3.05, 3.63) is 42.2 Å². The second-order valence-corrected chi connectivity index (χ2v) is 5.92. The van der Waals surface area contributed by atoms with E-state index in [1.54, 1.807) is 0 Å². The molecule has 1 aromatic rings. The molecular formula is C18H30Br2N2. The van der Waals surface area contributed by atoms with Crippen LogP contribution in [0.5, 0.6) is 0 Å². The Balaban J connectivity index is 0.00000220. The Bertz CT molecular complexity index is 435. The SMILES string of the molecule is Br.CCCC/C=C/CC[n+]1cccc(C2CCCN2C)c1.[Br-]. The van der Waals surface area contributed by atoms with Gasteiger partial charge in [-0.05, 0) is 38.9 Å². The molecule has 1 fully saturated rings. The van der Waals surface area contributed by atoms with Crippen molar-refractivity contribution < 1.29 is 21.5 Å². The van der Waals surface area contributed by atoms with Gasteiger partial charge in [-0.3, -0.25) is 4.90 Å². The van der Waals surface area contributed by atoms with Gasteiger partial charge in [-0.15, -0.1) is 17.0 Å². The van der Waals surface area contributed by atoms with Crippen LogP contribution in [0.2, 0.25) is 0 Å². The molecule has 126 valence electrons. The molecule has 1 aromatic heterocycles. The molecule has 1 saturated heterocycles. The van der Waals surface area contributed by atoms with Crippen LogP contribution in [-0.4, -0.2) is 18.5 Å². The van der Waals surface area contributed by atoms with Gasteiger partial charge in [0, 0.05) is 24.1 Å². The number of nitrogens with zero attached hydrogens (tertiary/aromatic N) is 2. The van der Waals surface area contributed by atoms with Gasteiger partial charge in [0.2, 0.25) is 0 Å². The molecule has 0 radical (unpaired) electrons. The molecular weight excluding hydrogens is 404 g/mol. The molecule has 2 rings (SSSR count). The average molecular weight is 434 g/mol. The second-order valence-electron chi connectivity index (χ2n) is 5.92. The van der Waals surface area contributed by atoms with Gasteiger partial charge >= 0.3 is 0 Å². The highest BCUT2D eigenvalue weighted by Gasteiger charge is 2.24. The van der Waals surface area contributed by atoms with Crippen molar-refractivity contribution in [1.82, 2.24) is 4.90 Å². The van der Waals surface area contributed by atoms with E-state index < -0.39 is 0 Å². The van der Waals surface area contributed by atoms with Gasteiger partial charge in [0.05, 0.1) is 0 Å². The van der Waals surface area contributed by atoms with Crippen molar-refractivity contribution in [2.75, 3.05) is 13.6 Å². The first-order chi connectivity index (χ1) is 9.81. The third kappa shape index (κ3) is 6.93. The minimum absolute atomic E-state index is 0. The molecule has 0 N–H and O–H groups in total. The summed E-state index contributed by atoms with van der Waals surface area (Å²) in [5, 5.41) is 0. The number of aromatic nitrogens is 1. The van der Waals surface area contributed by atoms with E-state index in [0.717, 1.165) is 13.0 Å². The number of aryl methyl sites for hydroxylation is 1. The van der Waals surface area contributed by atoms with Crippen LogP contribution in [0.4, 0.5) is 0 Å². The minimum atomic E-state index is 0. The van der Waals surface area contributed by atoms with Gasteiger partial charge in [-0.1, -0.05) is 31.9 Å². The maximum absolute atomic E-state index is 2.48. The first-order valence-corrected chi connectivity index (χ1v) is 8.15. The molecule has 2 heterocycles. The average Bonchev–Trinajstić information content (AvgIpc) is 2.89. The van der Waals surface area contributed by atoms with Gasteiger partial charge in [0.25, 0.3) is 0 Å². The zero-order valence-electron chi connectivity index (χ0n) is 13.9. The van der Waals surface area contributed by atoms with E-state index in [1.165, 1.54) is 44.2 Å². The van der Waals surface area contributed by atoms with Gasteiger partial charge in [0.15, 0.2) is 18.9 Å². The maximum Gasteiger partial charge on any atom is 0.173 e. The van der Waals surface area contributed by atoms with Crippen LogP contribution >= 0.6 is 17.0 Å². The highest BCUT2D eigenvalue weighted by atomic mass is 79.9. The number of likely N-dealkylation sites (tertiary alicyclic amines) is 1. The zero-order chi connectivity index (χ0) is 14.2. The van der Waals surface area contributed by atoms with Crippen molar-refractivity contribution in [2.24, 2.45) is 0 Å². The Hall–Kier alpha value is -0.190. The molecule has 0 amide bonds. The van der Waals surface area contributed by atoms with E-state index in [0.29, 0.717) is 6.04 Å². The molecule has 0 aromatic carbocycles. The lowest BCUT2D eigenvalue weighted by atomic mass is 10.1. The lowest BCUT2D eigenvalue weighted by Gasteiger charge is -2.18. The van der Waals surface area contributed by atoms with Crippen LogP contribution in [0.25, 0.3) is 0 Å². The smallest absolute Gasteiger partial charge is 0.173 e. The highest BCUT2D eigenvalue weighted by Crippen LogP contribution is 2.29. The van der Waals surface area contributed by atoms with Crippen LogP contribution in [0, 0.1) is 0 Å². The van der Waals surface area contributed by atoms with Crippen molar-refractivity contribution >= 4 is 17.0 Å². The van der Waals surface area contributed by atoms with Gasteiger partial charge in [-0.2, -0.15) is 0 Å². The predicted octanol–water partition coefficient (Wildman–Crippen LogP) is 1.46. The third-order valence-corrected chi connectivity index (χ3v) is 4.23. The fourth-order valence-electron chi connectivity index (χ4n) is 2.99. The lowest BCUT2D eigenvalue weighted by Crippen LogP contribution is -3.00. The molecule has 0 bridgehead atoms. The Morgan fingerprint density at radius 1 is 1.32 bits per heavy atom. The summed E-state index contributed by atoms with van der Waals surface area (Å²) in [4.78, 5) is 2.48. The summed E-state index contributed by atoms with van der Waals surface area (Å²) in [5.41, 5.74) is 1.47. The van der Waals surface area contributed by atoms with E-state index in [4.69, 9.17) is 0 Å². The number of unbranched alkanes of at least 4 members (excludes halogenated alkanes) is 2. The van der Waals surface area contributed by atoms with E-state index in [2.05, 4.69) is 60.1 Å². The molecule has 22 heavy (non-hydrogen) atoms. The maximum atomic E-state index is 2.48. The summed E-state index contributed by atoms with van der Waals surface area (Å²) in [6.45, 7) is 4.57. The summed E-state index contributed by atoms with van der Waals surface area (Å²) in [6.07, 6.45) is 16.8. The van der Waals surface area contributed by atoms with Crippen molar-refractivity contribution in [3.8, 4) is 0 Å². The van der Waals surface area contributed by atoms with Gasteiger partial charge in [0.1, 0.15) is 0 Å². The fourth-order valence-corrected chi connectivity index (χ4v) is 2.99. The number of allylic oxidation sites excluding steroid dienone is 2. The Labute approximate surface area is 157 Å². The molecule has 2 nitrogen and oxygen atoms in total. The zero-order valence-corrected chi connectivity index (χ0v) is 17.2. The molecule has 4 heteroatoms. The van der Waals surface area contributed by atoms with E-state index in [9.17, 15) is 0 Å². The molecule has 0 aliphatic carbocycles. The molecule has 1 aliphatic rings. The molecule has 1 aliphatic heterocycles. The Morgan fingerprint density at radius 3 is 2.77 bits per heavy atom. The minimum Gasteiger partial charge on any atom is -1.00 e. The number of halogens is 2. The standard InChI is InChI=1S/C18H29N2.2BrH/c1-3-4-5-6-7-8-14-20-15-9-11-17(16-20)18-12-10-13-19(18)2;;/h6-7,9,11,15-16,18H,3-5,8,10,12-14H2,1-2H3;2*1H/q+1;;/p-1/b7-6+;;. The van der Waals surface area contributed by atoms with Crippen molar-refractivity contribution in [2.45, 2.75) is 58.0 Å². The van der Waals surface area contributed by atoms with E-state index in [-0.39, 0.29) is 34.0 Å². The summed E-state index contributed by atoms with van der Waals surface area (Å²) >= 11 is 0. The summed E-state index contributed by atoms with van der Waals surface area (Å²) < 4.78 is 2.34. The Morgan fingerprint density at radius 2 is 2.09 bits per heavy atom. The quantitative estimate of drug-likeness (QED) is 0.358. The third-order valence-electron chi connectivity index (χ3n) is 4.23. The number of rotatable bonds is 7. The van der Waals surface area contributed by atoms with Crippen LogP contribution in [0.3, 0.4) is 0 Å². The van der Waals surface area contributed by atoms with E-state index >= 15 is 0 Å². The molecule has 0 spiro atoms. The normalized spacial score (nSPS) is 18.2. The highest BCUT2D eigenvalue weighted by molar-refractivity contribution is 8.93. The van der Waals surface area contributed by atoms with Crippen LogP contribution in [0.1, 0.15) is 57.1 Å². The molecule has 1 atom stereocenters. The Kier molecular flexibility index (Phi) is 12.2. The lowest BCUT2D eigenvalue weighted by molar-refractivity contribution is -0.696. The topological polar surface area (TPSA) is 7.12 Å². The first-order valence-electron chi connectivity index (χ1n) is 8.15. The van der Waals surface area contributed by atoms with E-state index in [1.807, 2.05) is 0 Å².